The van der Waals surface area contributed by atoms with Crippen molar-refractivity contribution in [1.82, 2.24) is 4.98 Å². The number of oxazole rings is 1. The highest BCUT2D eigenvalue weighted by molar-refractivity contribution is 5.86. The molecule has 0 atom stereocenters. The van der Waals surface area contributed by atoms with Gasteiger partial charge in [0.15, 0.2) is 6.39 Å². The van der Waals surface area contributed by atoms with Gasteiger partial charge in [0, 0.05) is 12.0 Å². The Morgan fingerprint density at radius 1 is 1.82 bits per heavy atom. The second kappa shape index (κ2) is 3.01. The maximum Gasteiger partial charge on any atom is 0.331 e. The van der Waals surface area contributed by atoms with Crippen molar-refractivity contribution in [3.63, 3.8) is 0 Å². The summed E-state index contributed by atoms with van der Waals surface area (Å²) in [4.78, 5) is 13.9. The van der Waals surface area contributed by atoms with E-state index in [0.29, 0.717) is 5.76 Å². The monoisotopic (exact) mass is 153 g/mol. The van der Waals surface area contributed by atoms with Gasteiger partial charge in [0.25, 0.3) is 0 Å². The summed E-state index contributed by atoms with van der Waals surface area (Å²) >= 11 is 0. The Labute approximate surface area is 63.2 Å². The molecular formula is C7H7NO3. The van der Waals surface area contributed by atoms with Gasteiger partial charge >= 0.3 is 5.97 Å². The van der Waals surface area contributed by atoms with E-state index in [9.17, 15) is 4.79 Å². The zero-order valence-electron chi connectivity index (χ0n) is 5.78. The molecule has 0 aliphatic carbocycles. The summed E-state index contributed by atoms with van der Waals surface area (Å²) in [5, 5.41) is 8.42. The number of carboxylic acids is 1. The number of aromatic nitrogens is 1. The quantitative estimate of drug-likeness (QED) is 0.654. The number of carboxylic acid groups (broad SMARTS) is 1. The first-order valence-corrected chi connectivity index (χ1v) is 2.98. The van der Waals surface area contributed by atoms with Gasteiger partial charge in [-0.1, -0.05) is 6.58 Å². The maximum atomic E-state index is 10.3. The van der Waals surface area contributed by atoms with Gasteiger partial charge in [-0.3, -0.25) is 0 Å². The van der Waals surface area contributed by atoms with Gasteiger partial charge in [-0.15, -0.1) is 0 Å². The molecule has 0 fully saturated rings. The minimum Gasteiger partial charge on any atom is -0.478 e. The third-order valence-corrected chi connectivity index (χ3v) is 1.17. The third kappa shape index (κ3) is 1.93. The molecule has 0 unspecified atom stereocenters. The van der Waals surface area contributed by atoms with E-state index in [-0.39, 0.29) is 12.0 Å². The molecule has 11 heavy (non-hydrogen) atoms. The molecule has 1 aromatic rings. The zero-order valence-corrected chi connectivity index (χ0v) is 5.78. The summed E-state index contributed by atoms with van der Waals surface area (Å²) in [5.41, 5.74) is 0.0988. The summed E-state index contributed by atoms with van der Waals surface area (Å²) in [6, 6.07) is 0. The standard InChI is InChI=1S/C7H7NO3/c1-5(7(9)10)2-6-3-8-4-11-6/h3-4H,1-2H2,(H,9,10). The van der Waals surface area contributed by atoms with Crippen molar-refractivity contribution < 1.29 is 14.3 Å². The van der Waals surface area contributed by atoms with Crippen LogP contribution in [0.2, 0.25) is 0 Å². The predicted octanol–water partition coefficient (Wildman–Crippen LogP) is 0.858. The number of hydrogen-bond donors (Lipinski definition) is 1. The number of rotatable bonds is 3. The molecule has 58 valence electrons. The average Bonchev–Trinajstić information content (AvgIpc) is 2.39. The molecule has 0 bridgehead atoms. The lowest BCUT2D eigenvalue weighted by atomic mass is 10.2. The van der Waals surface area contributed by atoms with Crippen LogP contribution in [0.3, 0.4) is 0 Å². The molecule has 0 aromatic carbocycles. The van der Waals surface area contributed by atoms with Crippen LogP contribution in [0.25, 0.3) is 0 Å². The van der Waals surface area contributed by atoms with Gasteiger partial charge < -0.3 is 9.52 Å². The number of hydrogen-bond acceptors (Lipinski definition) is 3. The zero-order chi connectivity index (χ0) is 8.27. The number of nitrogens with zero attached hydrogens (tertiary/aromatic N) is 1. The highest BCUT2D eigenvalue weighted by atomic mass is 16.4. The van der Waals surface area contributed by atoms with E-state index in [1.165, 1.54) is 12.6 Å². The predicted molar refractivity (Wildman–Crippen MR) is 37.0 cm³/mol. The van der Waals surface area contributed by atoms with Crippen LogP contribution in [0.15, 0.2) is 29.2 Å². The van der Waals surface area contributed by atoms with Crippen molar-refractivity contribution >= 4 is 5.97 Å². The van der Waals surface area contributed by atoms with E-state index in [0.717, 1.165) is 0 Å². The summed E-state index contributed by atoms with van der Waals surface area (Å²) in [7, 11) is 0. The molecule has 1 aromatic heterocycles. The van der Waals surface area contributed by atoms with E-state index in [4.69, 9.17) is 9.52 Å². The van der Waals surface area contributed by atoms with Crippen LogP contribution in [-0.4, -0.2) is 16.1 Å². The van der Waals surface area contributed by atoms with Crippen molar-refractivity contribution in [2.45, 2.75) is 6.42 Å². The summed E-state index contributed by atoms with van der Waals surface area (Å²) in [6.45, 7) is 3.34. The lowest BCUT2D eigenvalue weighted by Gasteiger charge is -1.93. The van der Waals surface area contributed by atoms with E-state index in [1.54, 1.807) is 0 Å². The third-order valence-electron chi connectivity index (χ3n) is 1.17. The first-order chi connectivity index (χ1) is 5.20. The van der Waals surface area contributed by atoms with E-state index < -0.39 is 5.97 Å². The Hall–Kier alpha value is -1.58. The topological polar surface area (TPSA) is 63.3 Å². The summed E-state index contributed by atoms with van der Waals surface area (Å²) < 4.78 is 4.82. The molecule has 0 radical (unpaired) electrons. The molecule has 0 spiro atoms. The number of carbonyl (C=O) groups is 1. The Balaban J connectivity index is 2.57. The van der Waals surface area contributed by atoms with Gasteiger partial charge in [-0.25, -0.2) is 9.78 Å². The Kier molecular flexibility index (Phi) is 2.06. The van der Waals surface area contributed by atoms with Crippen molar-refractivity contribution in [2.75, 3.05) is 0 Å². The normalized spacial score (nSPS) is 9.45. The molecule has 0 aliphatic heterocycles. The van der Waals surface area contributed by atoms with Gasteiger partial charge in [0.05, 0.1) is 6.20 Å². The lowest BCUT2D eigenvalue weighted by Crippen LogP contribution is -2.01. The van der Waals surface area contributed by atoms with Crippen molar-refractivity contribution in [3.8, 4) is 0 Å². The van der Waals surface area contributed by atoms with Crippen LogP contribution >= 0.6 is 0 Å². The molecule has 4 heteroatoms. The van der Waals surface area contributed by atoms with Gasteiger partial charge in [-0.2, -0.15) is 0 Å². The largest absolute Gasteiger partial charge is 0.478 e. The summed E-state index contributed by atoms with van der Waals surface area (Å²) in [5.74, 6) is -0.501. The molecule has 4 nitrogen and oxygen atoms in total. The molecule has 0 aliphatic rings. The van der Waals surface area contributed by atoms with Crippen LogP contribution < -0.4 is 0 Å². The van der Waals surface area contributed by atoms with Crippen molar-refractivity contribution in [2.24, 2.45) is 0 Å². The average molecular weight is 153 g/mol. The van der Waals surface area contributed by atoms with E-state index >= 15 is 0 Å². The molecule has 0 saturated heterocycles. The fourth-order valence-corrected chi connectivity index (χ4v) is 0.615. The summed E-state index contributed by atoms with van der Waals surface area (Å²) in [6.07, 6.45) is 2.92. The highest BCUT2D eigenvalue weighted by Gasteiger charge is 2.06. The van der Waals surface area contributed by atoms with Gasteiger partial charge in [0.1, 0.15) is 5.76 Å². The van der Waals surface area contributed by atoms with Crippen LogP contribution in [0, 0.1) is 0 Å². The lowest BCUT2D eigenvalue weighted by molar-refractivity contribution is -0.132. The molecule has 1 rings (SSSR count). The Morgan fingerprint density at radius 2 is 2.55 bits per heavy atom. The number of aliphatic carboxylic acids is 1. The highest BCUT2D eigenvalue weighted by Crippen LogP contribution is 2.04. The van der Waals surface area contributed by atoms with Crippen LogP contribution in [0.1, 0.15) is 5.76 Å². The smallest absolute Gasteiger partial charge is 0.331 e. The van der Waals surface area contributed by atoms with Crippen LogP contribution in [0.4, 0.5) is 0 Å². The first kappa shape index (κ1) is 7.53. The van der Waals surface area contributed by atoms with Gasteiger partial charge in [0.2, 0.25) is 0 Å². The van der Waals surface area contributed by atoms with Gasteiger partial charge in [-0.05, 0) is 0 Å². The molecular weight excluding hydrogens is 146 g/mol. The minimum atomic E-state index is -1.01. The molecule has 0 saturated carbocycles. The first-order valence-electron chi connectivity index (χ1n) is 2.98. The Bertz CT molecular complexity index is 263. The molecule has 1 heterocycles. The van der Waals surface area contributed by atoms with Crippen LogP contribution in [-0.2, 0) is 11.2 Å². The fourth-order valence-electron chi connectivity index (χ4n) is 0.615. The second-order valence-electron chi connectivity index (χ2n) is 2.05. The van der Waals surface area contributed by atoms with Crippen molar-refractivity contribution in [1.29, 1.82) is 0 Å². The second-order valence-corrected chi connectivity index (χ2v) is 2.05. The maximum absolute atomic E-state index is 10.3. The van der Waals surface area contributed by atoms with E-state index in [2.05, 4.69) is 11.6 Å². The Morgan fingerprint density at radius 3 is 3.00 bits per heavy atom. The molecule has 1 N–H and O–H groups in total. The van der Waals surface area contributed by atoms with E-state index in [1.807, 2.05) is 0 Å². The fraction of sp³-hybridized carbons (Fsp3) is 0.143. The molecule has 0 amide bonds. The van der Waals surface area contributed by atoms with Crippen LogP contribution in [0.5, 0.6) is 0 Å². The minimum absolute atomic E-state index is 0.0988. The van der Waals surface area contributed by atoms with Crippen molar-refractivity contribution in [3.05, 3.63) is 30.5 Å². The SMILES string of the molecule is C=C(Cc1cnco1)C(=O)O.